The smallest absolute Gasteiger partial charge is 0.203 e. The van der Waals surface area contributed by atoms with Crippen molar-refractivity contribution >= 4 is 5.78 Å². The molecule has 2 aromatic carbocycles. The molecule has 5 nitrogen and oxygen atoms in total. The largest absolute Gasteiger partial charge is 0.501 e. The third kappa shape index (κ3) is 4.61. The van der Waals surface area contributed by atoms with Crippen LogP contribution in [0.25, 0.3) is 0 Å². The number of aryl methyl sites for hydroxylation is 2. The molecule has 2 aliphatic rings. The van der Waals surface area contributed by atoms with Gasteiger partial charge in [-0.3, -0.25) is 4.79 Å². The Morgan fingerprint density at radius 1 is 0.815 bits per heavy atom. The summed E-state index contributed by atoms with van der Waals surface area (Å²) < 4.78 is 22.4. The van der Waals surface area contributed by atoms with Gasteiger partial charge in [0.15, 0.2) is 17.3 Å². The van der Waals surface area contributed by atoms with E-state index in [4.69, 9.17) is 18.9 Å². The third-order valence-corrected chi connectivity index (χ3v) is 4.56. The Morgan fingerprint density at radius 2 is 1.56 bits per heavy atom. The highest BCUT2D eigenvalue weighted by Crippen LogP contribution is 2.41. The van der Waals surface area contributed by atoms with Crippen LogP contribution in [0.5, 0.6) is 23.0 Å². The Hall–Kier alpha value is -2.95. The van der Waals surface area contributed by atoms with Gasteiger partial charge in [-0.15, -0.1) is 0 Å². The average molecular weight is 368 g/mol. The van der Waals surface area contributed by atoms with Gasteiger partial charge in [-0.05, 0) is 48.2 Å². The van der Waals surface area contributed by atoms with E-state index in [2.05, 4.69) is 0 Å². The van der Waals surface area contributed by atoms with Crippen LogP contribution in [-0.4, -0.2) is 27.1 Å². The van der Waals surface area contributed by atoms with Crippen molar-refractivity contribution in [2.75, 3.05) is 21.3 Å². The molecule has 2 aliphatic heterocycles. The minimum Gasteiger partial charge on any atom is -0.501 e. The molecular formula is C22H24O5. The van der Waals surface area contributed by atoms with E-state index in [1.54, 1.807) is 27.4 Å². The molecule has 0 spiro atoms. The Morgan fingerprint density at radius 3 is 2.22 bits per heavy atom. The van der Waals surface area contributed by atoms with Gasteiger partial charge in [0.2, 0.25) is 5.75 Å². The highest BCUT2D eigenvalue weighted by Gasteiger charge is 2.16. The number of carbonyl (C=O) groups is 1. The summed E-state index contributed by atoms with van der Waals surface area (Å²) in [6, 6.07) is 11.6. The minimum absolute atomic E-state index is 0.0649. The molecule has 0 aliphatic carbocycles. The zero-order valence-electron chi connectivity index (χ0n) is 15.9. The first kappa shape index (κ1) is 18.8. The second-order valence-corrected chi connectivity index (χ2v) is 6.36. The number of ether oxygens (including phenoxy) is 4. The maximum atomic E-state index is 12.2. The van der Waals surface area contributed by atoms with Crippen molar-refractivity contribution in [2.24, 2.45) is 0 Å². The number of methoxy groups -OCH3 is 3. The Labute approximate surface area is 159 Å². The summed E-state index contributed by atoms with van der Waals surface area (Å²) in [6.07, 6.45) is 4.02. The fourth-order valence-corrected chi connectivity index (χ4v) is 3.08. The summed E-state index contributed by atoms with van der Waals surface area (Å²) >= 11 is 0. The number of fused-ring (bicyclic) bond motifs is 7. The van der Waals surface area contributed by atoms with Gasteiger partial charge in [-0.2, -0.15) is 0 Å². The lowest BCUT2D eigenvalue weighted by Gasteiger charge is -2.16. The molecule has 0 amide bonds. The third-order valence-electron chi connectivity index (χ3n) is 4.56. The summed E-state index contributed by atoms with van der Waals surface area (Å²) in [7, 11) is 4.78. The summed E-state index contributed by atoms with van der Waals surface area (Å²) in [4.78, 5) is 12.2. The Balaban J connectivity index is 2.05. The van der Waals surface area contributed by atoms with Crippen LogP contribution in [0.2, 0.25) is 0 Å². The number of rotatable bonds is 3. The van der Waals surface area contributed by atoms with E-state index in [1.807, 2.05) is 36.4 Å². The van der Waals surface area contributed by atoms with Gasteiger partial charge >= 0.3 is 0 Å². The molecular weight excluding hydrogens is 344 g/mol. The van der Waals surface area contributed by atoms with E-state index in [0.717, 1.165) is 11.1 Å². The maximum Gasteiger partial charge on any atom is 0.203 e. The minimum atomic E-state index is 0.0649. The molecule has 4 rings (SSSR count). The van der Waals surface area contributed by atoms with Crippen molar-refractivity contribution in [3.8, 4) is 23.0 Å². The van der Waals surface area contributed by atoms with E-state index in [0.29, 0.717) is 54.4 Å². The van der Waals surface area contributed by atoms with Gasteiger partial charge in [0.25, 0.3) is 0 Å². The quantitative estimate of drug-likeness (QED) is 0.800. The van der Waals surface area contributed by atoms with E-state index in [1.165, 1.54) is 0 Å². The number of carbonyl (C=O) groups excluding carboxylic acids is 1. The molecule has 0 unspecified atom stereocenters. The molecule has 0 saturated heterocycles. The molecule has 0 N–H and O–H groups in total. The number of hydrogen-bond donors (Lipinski definition) is 0. The molecule has 142 valence electrons. The highest BCUT2D eigenvalue weighted by molar-refractivity contribution is 5.90. The van der Waals surface area contributed by atoms with Crippen molar-refractivity contribution in [3.05, 3.63) is 59.4 Å². The van der Waals surface area contributed by atoms with Crippen LogP contribution < -0.4 is 14.2 Å². The van der Waals surface area contributed by atoms with Crippen molar-refractivity contribution in [1.29, 1.82) is 0 Å². The van der Waals surface area contributed by atoms with Gasteiger partial charge in [0.05, 0.1) is 27.1 Å². The number of allylic oxidation sites excluding steroid dienone is 2. The first-order valence-corrected chi connectivity index (χ1v) is 8.92. The molecule has 5 heteroatoms. The van der Waals surface area contributed by atoms with E-state index in [9.17, 15) is 4.79 Å². The Kier molecular flexibility index (Phi) is 6.01. The molecule has 0 aromatic heterocycles. The normalized spacial score (nSPS) is 16.4. The van der Waals surface area contributed by atoms with Gasteiger partial charge in [0.1, 0.15) is 5.75 Å². The maximum absolute atomic E-state index is 12.2. The van der Waals surface area contributed by atoms with Gasteiger partial charge < -0.3 is 18.9 Å². The zero-order chi connectivity index (χ0) is 19.2. The van der Waals surface area contributed by atoms with Crippen molar-refractivity contribution in [1.82, 2.24) is 0 Å². The van der Waals surface area contributed by atoms with Gasteiger partial charge in [-0.1, -0.05) is 12.1 Å². The highest BCUT2D eigenvalue weighted by atomic mass is 16.5. The monoisotopic (exact) mass is 368 g/mol. The fraction of sp³-hybridized carbons (Fsp3) is 0.318. The van der Waals surface area contributed by atoms with E-state index < -0.39 is 0 Å². The molecule has 0 saturated carbocycles. The molecule has 0 fully saturated rings. The fourth-order valence-electron chi connectivity index (χ4n) is 3.08. The summed E-state index contributed by atoms with van der Waals surface area (Å²) in [6.45, 7) is 0. The molecule has 4 bridgehead atoms. The standard InChI is InChI=1S/C22H24O5/c1-24-19-11-7-16-12-20(25-2)22(26-3)21(13-16)27-18-9-5-15(6-10-18)4-8-17(23)14-19/h5-6,9-10,12-14H,4,7-8,11H2,1-3H3/b19-14+. The van der Waals surface area contributed by atoms with Crippen molar-refractivity contribution < 1.29 is 23.7 Å². The zero-order valence-corrected chi connectivity index (χ0v) is 15.9. The lowest BCUT2D eigenvalue weighted by molar-refractivity contribution is -0.114. The van der Waals surface area contributed by atoms with Crippen LogP contribution in [0.15, 0.2) is 48.2 Å². The van der Waals surface area contributed by atoms with Crippen LogP contribution in [0.3, 0.4) is 0 Å². The van der Waals surface area contributed by atoms with E-state index in [-0.39, 0.29) is 5.78 Å². The predicted octanol–water partition coefficient (Wildman–Crippen LogP) is 4.47. The second-order valence-electron chi connectivity index (χ2n) is 6.36. The SMILES string of the molecule is CO/C1=C/C(=O)CCc2ccc(cc2)Oc2cc(cc(OC)c2OC)CC1. The molecule has 27 heavy (non-hydrogen) atoms. The van der Waals surface area contributed by atoms with Crippen molar-refractivity contribution in [2.45, 2.75) is 25.7 Å². The van der Waals surface area contributed by atoms with Crippen LogP contribution in [0.4, 0.5) is 0 Å². The second kappa shape index (κ2) is 8.62. The first-order chi connectivity index (χ1) is 13.1. The van der Waals surface area contributed by atoms with Crippen LogP contribution >= 0.6 is 0 Å². The number of hydrogen-bond acceptors (Lipinski definition) is 5. The van der Waals surface area contributed by atoms with Crippen LogP contribution in [0, 0.1) is 0 Å². The van der Waals surface area contributed by atoms with Gasteiger partial charge in [0, 0.05) is 18.9 Å². The average Bonchev–Trinajstić information content (AvgIpc) is 2.70. The summed E-state index contributed by atoms with van der Waals surface area (Å²) in [5.41, 5.74) is 2.08. The number of ketones is 1. The molecule has 0 atom stereocenters. The summed E-state index contributed by atoms with van der Waals surface area (Å²) in [5, 5.41) is 0. The predicted molar refractivity (Wildman–Crippen MR) is 103 cm³/mol. The first-order valence-electron chi connectivity index (χ1n) is 8.92. The lowest BCUT2D eigenvalue weighted by atomic mass is 10.1. The molecule has 2 heterocycles. The van der Waals surface area contributed by atoms with Gasteiger partial charge in [-0.25, -0.2) is 0 Å². The molecule has 0 radical (unpaired) electrons. The van der Waals surface area contributed by atoms with Crippen LogP contribution in [0.1, 0.15) is 24.0 Å². The topological polar surface area (TPSA) is 54.0 Å². The molecule has 2 aromatic rings. The Bertz CT molecular complexity index is 837. The van der Waals surface area contributed by atoms with E-state index >= 15 is 0 Å². The van der Waals surface area contributed by atoms with Crippen LogP contribution in [-0.2, 0) is 22.4 Å². The number of benzene rings is 2. The lowest BCUT2D eigenvalue weighted by Crippen LogP contribution is -2.01. The van der Waals surface area contributed by atoms with Crippen molar-refractivity contribution in [3.63, 3.8) is 0 Å². The summed E-state index contributed by atoms with van der Waals surface area (Å²) in [5.74, 6) is 3.18.